The van der Waals surface area contributed by atoms with Crippen LogP contribution in [0.5, 0.6) is 5.75 Å². The molecule has 3 heteroatoms. The molecule has 0 aliphatic rings. The second kappa shape index (κ2) is 8.92. The number of ketones is 1. The molecule has 0 heterocycles. The lowest BCUT2D eigenvalue weighted by Crippen LogP contribution is -2.07. The van der Waals surface area contributed by atoms with Crippen molar-refractivity contribution in [2.24, 2.45) is 0 Å². The van der Waals surface area contributed by atoms with Crippen molar-refractivity contribution in [2.45, 2.75) is 33.1 Å². The molecule has 0 aliphatic carbocycles. The fraction of sp³-hybridized carbons (Fsp3) is 0.286. The van der Waals surface area contributed by atoms with Crippen molar-refractivity contribution in [1.29, 1.82) is 0 Å². The second-order valence-electron chi connectivity index (χ2n) is 5.79. The summed E-state index contributed by atoms with van der Waals surface area (Å²) in [5.74, 6) is 0.723. The molecular formula is C21H24O3. The van der Waals surface area contributed by atoms with Gasteiger partial charge in [-0.3, -0.25) is 4.79 Å². The summed E-state index contributed by atoms with van der Waals surface area (Å²) in [6.45, 7) is 4.33. The Balaban J connectivity index is 2.31. The van der Waals surface area contributed by atoms with Crippen LogP contribution in [0.2, 0.25) is 0 Å². The monoisotopic (exact) mass is 324 g/mol. The van der Waals surface area contributed by atoms with Gasteiger partial charge >= 0.3 is 0 Å². The van der Waals surface area contributed by atoms with E-state index in [1.807, 2.05) is 30.3 Å². The number of allylic oxidation sites excluding steroid dienone is 1. The van der Waals surface area contributed by atoms with Crippen LogP contribution in [-0.4, -0.2) is 17.5 Å². The number of ether oxygens (including phenoxy) is 1. The summed E-state index contributed by atoms with van der Waals surface area (Å²) >= 11 is 0. The third kappa shape index (κ3) is 4.98. The van der Waals surface area contributed by atoms with E-state index in [-0.39, 0.29) is 11.5 Å². The third-order valence-corrected chi connectivity index (χ3v) is 3.67. The Hall–Kier alpha value is -2.55. The molecule has 2 rings (SSSR count). The Morgan fingerprint density at radius 3 is 2.54 bits per heavy atom. The van der Waals surface area contributed by atoms with Gasteiger partial charge in [0.15, 0.2) is 5.78 Å². The molecule has 0 unspecified atom stereocenters. The summed E-state index contributed by atoms with van der Waals surface area (Å²) in [5, 5.41) is 9.45. The van der Waals surface area contributed by atoms with Crippen LogP contribution in [0.3, 0.4) is 0 Å². The van der Waals surface area contributed by atoms with E-state index in [0.717, 1.165) is 24.8 Å². The topological polar surface area (TPSA) is 46.5 Å². The molecule has 0 aliphatic heterocycles. The normalized spacial score (nSPS) is 11.3. The molecule has 0 atom stereocenters. The van der Waals surface area contributed by atoms with Crippen LogP contribution in [0, 0.1) is 0 Å². The predicted molar refractivity (Wildman–Crippen MR) is 97.6 cm³/mol. The highest BCUT2D eigenvalue weighted by atomic mass is 16.5. The quantitative estimate of drug-likeness (QED) is 0.401. The molecule has 0 spiro atoms. The van der Waals surface area contributed by atoms with E-state index in [1.165, 1.54) is 0 Å². The molecule has 126 valence electrons. The number of carbonyl (C=O) groups excluding carboxylic acids is 1. The fourth-order valence-corrected chi connectivity index (χ4v) is 2.46. The molecule has 0 amide bonds. The van der Waals surface area contributed by atoms with Gasteiger partial charge in [0.05, 0.1) is 17.9 Å². The molecule has 0 saturated heterocycles. The smallest absolute Gasteiger partial charge is 0.196 e. The van der Waals surface area contributed by atoms with E-state index >= 15 is 0 Å². The van der Waals surface area contributed by atoms with E-state index in [1.54, 1.807) is 31.2 Å². The molecule has 0 radical (unpaired) electrons. The Kier molecular flexibility index (Phi) is 6.62. The van der Waals surface area contributed by atoms with Gasteiger partial charge in [-0.1, -0.05) is 56.2 Å². The zero-order valence-electron chi connectivity index (χ0n) is 14.3. The summed E-state index contributed by atoms with van der Waals surface area (Å²) in [5.41, 5.74) is 1.99. The van der Waals surface area contributed by atoms with Crippen LogP contribution in [0.25, 0.3) is 6.08 Å². The molecule has 0 fully saturated rings. The minimum Gasteiger partial charge on any atom is -0.513 e. The van der Waals surface area contributed by atoms with E-state index in [0.29, 0.717) is 23.5 Å². The van der Waals surface area contributed by atoms with Crippen molar-refractivity contribution < 1.29 is 14.6 Å². The highest BCUT2D eigenvalue weighted by Crippen LogP contribution is 2.25. The molecule has 1 N–H and O–H groups in total. The first-order valence-corrected chi connectivity index (χ1v) is 8.35. The summed E-state index contributed by atoms with van der Waals surface area (Å²) in [4.78, 5) is 12.7. The summed E-state index contributed by atoms with van der Waals surface area (Å²) in [6, 6.07) is 14.6. The number of aliphatic hydroxyl groups is 1. The molecule has 2 aromatic rings. The molecule has 0 aromatic heterocycles. The average molecular weight is 324 g/mol. The van der Waals surface area contributed by atoms with Gasteiger partial charge in [0.1, 0.15) is 5.75 Å². The first-order chi connectivity index (χ1) is 11.6. The van der Waals surface area contributed by atoms with Crippen LogP contribution in [0.15, 0.2) is 54.3 Å². The molecule has 24 heavy (non-hydrogen) atoms. The maximum atomic E-state index is 12.7. The summed E-state index contributed by atoms with van der Waals surface area (Å²) in [6.07, 6.45) is 4.81. The molecule has 0 bridgehead atoms. The zero-order chi connectivity index (χ0) is 17.4. The largest absolute Gasteiger partial charge is 0.513 e. The average Bonchev–Trinajstić information content (AvgIpc) is 2.58. The Bertz CT molecular complexity index is 698. The highest BCUT2D eigenvalue weighted by molar-refractivity contribution is 6.10. The summed E-state index contributed by atoms with van der Waals surface area (Å²) in [7, 11) is 0. The standard InChI is InChI=1S/C21H24O3/c1-3-4-8-13-24-20-15-17(14-16(2)22)11-12-19(20)21(23)18-9-6-5-7-10-18/h5-7,9-12,14-15,22H,3-4,8,13H2,1-2H3. The van der Waals surface area contributed by atoms with Gasteiger partial charge in [-0.15, -0.1) is 0 Å². The number of aliphatic hydroxyl groups excluding tert-OH is 1. The molecule has 2 aromatic carbocycles. The van der Waals surface area contributed by atoms with Gasteiger partial charge in [0, 0.05) is 5.56 Å². The molecular weight excluding hydrogens is 300 g/mol. The van der Waals surface area contributed by atoms with Crippen LogP contribution < -0.4 is 4.74 Å². The number of hydrogen-bond donors (Lipinski definition) is 1. The predicted octanol–water partition coefficient (Wildman–Crippen LogP) is 5.41. The lowest BCUT2D eigenvalue weighted by Gasteiger charge is -2.12. The number of rotatable bonds is 8. The molecule has 3 nitrogen and oxygen atoms in total. The number of unbranched alkanes of at least 4 members (excludes halogenated alkanes) is 2. The van der Waals surface area contributed by atoms with Crippen molar-refractivity contribution in [3.63, 3.8) is 0 Å². The maximum Gasteiger partial charge on any atom is 0.196 e. The first kappa shape index (κ1) is 17.8. The van der Waals surface area contributed by atoms with Crippen molar-refractivity contribution in [3.8, 4) is 5.75 Å². The van der Waals surface area contributed by atoms with Crippen molar-refractivity contribution in [1.82, 2.24) is 0 Å². The highest BCUT2D eigenvalue weighted by Gasteiger charge is 2.15. The van der Waals surface area contributed by atoms with Gasteiger partial charge in [-0.25, -0.2) is 0 Å². The van der Waals surface area contributed by atoms with Gasteiger partial charge in [-0.2, -0.15) is 0 Å². The first-order valence-electron chi connectivity index (χ1n) is 8.35. The van der Waals surface area contributed by atoms with Crippen LogP contribution >= 0.6 is 0 Å². The third-order valence-electron chi connectivity index (χ3n) is 3.67. The second-order valence-corrected chi connectivity index (χ2v) is 5.79. The Morgan fingerprint density at radius 2 is 1.88 bits per heavy atom. The van der Waals surface area contributed by atoms with Crippen molar-refractivity contribution in [2.75, 3.05) is 6.61 Å². The number of benzene rings is 2. The SMILES string of the molecule is CCCCCOc1cc(C=C(C)O)ccc1C(=O)c1ccccc1. The van der Waals surface area contributed by atoms with Gasteiger partial charge in [0.25, 0.3) is 0 Å². The Morgan fingerprint density at radius 1 is 1.12 bits per heavy atom. The zero-order valence-corrected chi connectivity index (χ0v) is 14.3. The lowest BCUT2D eigenvalue weighted by molar-refractivity contribution is 0.103. The van der Waals surface area contributed by atoms with Crippen LogP contribution in [0.4, 0.5) is 0 Å². The lowest BCUT2D eigenvalue weighted by atomic mass is 10.0. The van der Waals surface area contributed by atoms with Gasteiger partial charge in [-0.05, 0) is 37.1 Å². The van der Waals surface area contributed by atoms with Gasteiger partial charge < -0.3 is 9.84 Å². The van der Waals surface area contributed by atoms with Crippen LogP contribution in [0.1, 0.15) is 54.6 Å². The fourth-order valence-electron chi connectivity index (χ4n) is 2.46. The van der Waals surface area contributed by atoms with Crippen molar-refractivity contribution >= 4 is 11.9 Å². The van der Waals surface area contributed by atoms with E-state index in [9.17, 15) is 9.90 Å². The number of carbonyl (C=O) groups is 1. The minimum atomic E-state index is -0.0580. The van der Waals surface area contributed by atoms with E-state index in [4.69, 9.17) is 4.74 Å². The van der Waals surface area contributed by atoms with Crippen LogP contribution in [-0.2, 0) is 0 Å². The summed E-state index contributed by atoms with van der Waals surface area (Å²) < 4.78 is 5.87. The Labute approximate surface area is 143 Å². The minimum absolute atomic E-state index is 0.0580. The van der Waals surface area contributed by atoms with E-state index in [2.05, 4.69) is 6.92 Å². The molecule has 0 saturated carbocycles. The van der Waals surface area contributed by atoms with Gasteiger partial charge in [0.2, 0.25) is 0 Å². The van der Waals surface area contributed by atoms with Crippen molar-refractivity contribution in [3.05, 3.63) is 71.0 Å². The number of hydrogen-bond acceptors (Lipinski definition) is 3. The van der Waals surface area contributed by atoms with E-state index < -0.39 is 0 Å². The maximum absolute atomic E-state index is 12.7.